The van der Waals surface area contributed by atoms with Gasteiger partial charge in [0.05, 0.1) is 19.6 Å². The molecule has 2 N–H and O–H groups in total. The number of hydrogen-bond donors (Lipinski definition) is 1. The largest absolute Gasteiger partial charge is 0.382 e. The maximum atomic E-state index is 11.4. The molecule has 0 radical (unpaired) electrons. The average molecular weight is 347 g/mol. The van der Waals surface area contributed by atoms with Gasteiger partial charge in [-0.3, -0.25) is 9.69 Å². The molecule has 2 fully saturated rings. The highest BCUT2D eigenvalue weighted by Crippen LogP contribution is 2.25. The van der Waals surface area contributed by atoms with Gasteiger partial charge in [0.2, 0.25) is 5.91 Å². The van der Waals surface area contributed by atoms with E-state index in [4.69, 9.17) is 15.2 Å². The second-order valence-corrected chi connectivity index (χ2v) is 7.18. The summed E-state index contributed by atoms with van der Waals surface area (Å²) < 4.78 is 11.2. The minimum Gasteiger partial charge on any atom is -0.382 e. The number of nitrogens with zero attached hydrogens (tertiary/aromatic N) is 2. The van der Waals surface area contributed by atoms with Crippen molar-refractivity contribution in [2.75, 3.05) is 51.4 Å². The maximum Gasteiger partial charge on any atom is 0.220 e. The third-order valence-corrected chi connectivity index (χ3v) is 5.05. The summed E-state index contributed by atoms with van der Waals surface area (Å²) in [5, 5.41) is 0. The first kappa shape index (κ1) is 18.2. The van der Waals surface area contributed by atoms with Gasteiger partial charge >= 0.3 is 0 Å². The molecule has 1 amide bonds. The molecule has 0 spiro atoms. The number of hydrogen-bond acceptors (Lipinski definition) is 5. The van der Waals surface area contributed by atoms with Crippen molar-refractivity contribution in [1.29, 1.82) is 0 Å². The van der Waals surface area contributed by atoms with Crippen LogP contribution in [-0.2, 0) is 20.8 Å². The Morgan fingerprint density at radius 2 is 1.96 bits per heavy atom. The van der Waals surface area contributed by atoms with E-state index in [-0.39, 0.29) is 12.3 Å². The van der Waals surface area contributed by atoms with Crippen LogP contribution in [0.3, 0.4) is 0 Å². The molecule has 0 unspecified atom stereocenters. The number of benzene rings is 1. The normalized spacial score (nSPS) is 24.6. The van der Waals surface area contributed by atoms with Crippen molar-refractivity contribution in [2.24, 2.45) is 5.73 Å². The van der Waals surface area contributed by atoms with E-state index >= 15 is 0 Å². The molecule has 25 heavy (non-hydrogen) atoms. The fraction of sp³-hybridized carbons (Fsp3) is 0.632. The van der Waals surface area contributed by atoms with Gasteiger partial charge < -0.3 is 20.1 Å². The Kier molecular flexibility index (Phi) is 5.93. The molecule has 138 valence electrons. The summed E-state index contributed by atoms with van der Waals surface area (Å²) in [7, 11) is 1.63. The van der Waals surface area contributed by atoms with Crippen LogP contribution in [0.4, 0.5) is 5.69 Å². The second kappa shape index (κ2) is 8.17. The van der Waals surface area contributed by atoms with E-state index in [9.17, 15) is 4.79 Å². The van der Waals surface area contributed by atoms with Crippen LogP contribution in [-0.4, -0.2) is 62.9 Å². The van der Waals surface area contributed by atoms with Crippen molar-refractivity contribution in [3.63, 3.8) is 0 Å². The van der Waals surface area contributed by atoms with Crippen LogP contribution in [0.1, 0.15) is 24.8 Å². The summed E-state index contributed by atoms with van der Waals surface area (Å²) in [6, 6.07) is 8.84. The molecule has 1 atom stereocenters. The zero-order chi connectivity index (χ0) is 17.7. The van der Waals surface area contributed by atoms with Crippen LogP contribution < -0.4 is 10.6 Å². The lowest BCUT2D eigenvalue weighted by atomic mass is 9.97. The summed E-state index contributed by atoms with van der Waals surface area (Å²) >= 11 is 0. The predicted octanol–water partition coefficient (Wildman–Crippen LogP) is 1.38. The van der Waals surface area contributed by atoms with E-state index in [1.54, 1.807) is 7.11 Å². The number of rotatable bonds is 7. The molecule has 1 aromatic carbocycles. The number of carbonyl (C=O) groups excluding carboxylic acids is 1. The highest BCUT2D eigenvalue weighted by molar-refractivity contribution is 5.75. The third kappa shape index (κ3) is 4.71. The minimum atomic E-state index is -0.631. The topological polar surface area (TPSA) is 68.0 Å². The van der Waals surface area contributed by atoms with E-state index < -0.39 is 5.60 Å². The molecule has 3 rings (SSSR count). The first-order valence-electron chi connectivity index (χ1n) is 9.08. The number of anilines is 1. The highest BCUT2D eigenvalue weighted by Gasteiger charge is 2.38. The molecule has 2 aliphatic rings. The molecule has 0 saturated carbocycles. The van der Waals surface area contributed by atoms with Crippen molar-refractivity contribution >= 4 is 11.6 Å². The van der Waals surface area contributed by atoms with Crippen LogP contribution >= 0.6 is 0 Å². The third-order valence-electron chi connectivity index (χ3n) is 5.05. The second-order valence-electron chi connectivity index (χ2n) is 7.18. The molecule has 2 heterocycles. The van der Waals surface area contributed by atoms with Gasteiger partial charge in [-0.15, -0.1) is 0 Å². The first-order chi connectivity index (χ1) is 12.1. The van der Waals surface area contributed by atoms with Crippen molar-refractivity contribution in [3.05, 3.63) is 29.8 Å². The lowest BCUT2D eigenvalue weighted by Gasteiger charge is -2.42. The van der Waals surface area contributed by atoms with Crippen LogP contribution in [0.15, 0.2) is 24.3 Å². The number of ether oxygens (including phenoxy) is 2. The molecule has 0 aromatic heterocycles. The lowest BCUT2D eigenvalue weighted by molar-refractivity contribution is -0.154. The van der Waals surface area contributed by atoms with Crippen molar-refractivity contribution in [3.8, 4) is 0 Å². The molecule has 2 aliphatic heterocycles. The van der Waals surface area contributed by atoms with E-state index in [1.807, 2.05) is 0 Å². The molecule has 6 heteroatoms. The SMILES string of the molecule is COC[C@]1(CC(N)=O)CN(Cc2ccc(N3CCCC3)cc2)CCO1. The monoisotopic (exact) mass is 347 g/mol. The summed E-state index contributed by atoms with van der Waals surface area (Å²) in [5.41, 5.74) is 7.37. The highest BCUT2D eigenvalue weighted by atomic mass is 16.5. The molecule has 2 saturated heterocycles. The number of morpholine rings is 1. The fourth-order valence-corrected chi connectivity index (χ4v) is 3.93. The molecule has 6 nitrogen and oxygen atoms in total. The van der Waals surface area contributed by atoms with Crippen LogP contribution in [0.5, 0.6) is 0 Å². The Morgan fingerprint density at radius 3 is 2.60 bits per heavy atom. The average Bonchev–Trinajstić information content (AvgIpc) is 3.10. The fourth-order valence-electron chi connectivity index (χ4n) is 3.93. The standard InChI is InChI=1S/C19H29N3O3/c1-24-15-19(12-18(20)23)14-21(10-11-25-19)13-16-4-6-17(7-5-16)22-8-2-3-9-22/h4-7H,2-3,8-15H2,1H3,(H2,20,23)/t19-/m0/s1. The van der Waals surface area contributed by atoms with Gasteiger partial charge in [-0.25, -0.2) is 0 Å². The predicted molar refractivity (Wildman–Crippen MR) is 97.5 cm³/mol. The molecule has 0 aliphatic carbocycles. The van der Waals surface area contributed by atoms with Gasteiger partial charge in [0.1, 0.15) is 5.60 Å². The Balaban J connectivity index is 1.62. The Morgan fingerprint density at radius 1 is 1.24 bits per heavy atom. The van der Waals surface area contributed by atoms with Crippen molar-refractivity contribution in [1.82, 2.24) is 4.90 Å². The van der Waals surface area contributed by atoms with E-state index in [0.717, 1.165) is 26.2 Å². The number of methoxy groups -OCH3 is 1. The summed E-state index contributed by atoms with van der Waals surface area (Å²) in [6.07, 6.45) is 2.76. The maximum absolute atomic E-state index is 11.4. The van der Waals surface area contributed by atoms with Crippen LogP contribution in [0.2, 0.25) is 0 Å². The van der Waals surface area contributed by atoms with E-state index in [1.165, 1.54) is 24.1 Å². The van der Waals surface area contributed by atoms with Gasteiger partial charge in [0.25, 0.3) is 0 Å². The molecule has 1 aromatic rings. The van der Waals surface area contributed by atoms with Crippen LogP contribution in [0.25, 0.3) is 0 Å². The lowest BCUT2D eigenvalue weighted by Crippen LogP contribution is -2.55. The number of carbonyl (C=O) groups is 1. The van der Waals surface area contributed by atoms with Crippen LogP contribution in [0, 0.1) is 0 Å². The first-order valence-corrected chi connectivity index (χ1v) is 9.08. The quantitative estimate of drug-likeness (QED) is 0.807. The van der Waals surface area contributed by atoms with Gasteiger partial charge in [-0.05, 0) is 30.5 Å². The molecular weight excluding hydrogens is 318 g/mol. The van der Waals surface area contributed by atoms with E-state index in [2.05, 4.69) is 34.1 Å². The minimum absolute atomic E-state index is 0.186. The number of primary amides is 1. The number of nitrogens with two attached hydrogens (primary N) is 1. The smallest absolute Gasteiger partial charge is 0.220 e. The zero-order valence-electron chi connectivity index (χ0n) is 15.1. The Labute approximate surface area is 149 Å². The molecular formula is C19H29N3O3. The van der Waals surface area contributed by atoms with Gasteiger partial charge in [0, 0.05) is 45.5 Å². The van der Waals surface area contributed by atoms with Gasteiger partial charge in [0.15, 0.2) is 0 Å². The zero-order valence-corrected chi connectivity index (χ0v) is 15.1. The van der Waals surface area contributed by atoms with Crippen molar-refractivity contribution < 1.29 is 14.3 Å². The van der Waals surface area contributed by atoms with Gasteiger partial charge in [-0.1, -0.05) is 12.1 Å². The summed E-state index contributed by atoms with van der Waals surface area (Å²) in [5.74, 6) is -0.353. The molecule has 0 bridgehead atoms. The Hall–Kier alpha value is -1.63. The Bertz CT molecular complexity index is 568. The summed E-state index contributed by atoms with van der Waals surface area (Å²) in [6.45, 7) is 5.62. The van der Waals surface area contributed by atoms with E-state index in [0.29, 0.717) is 19.8 Å². The summed E-state index contributed by atoms with van der Waals surface area (Å²) in [4.78, 5) is 16.2. The van der Waals surface area contributed by atoms with Crippen molar-refractivity contribution in [2.45, 2.75) is 31.4 Å². The number of amides is 1. The van der Waals surface area contributed by atoms with Gasteiger partial charge in [-0.2, -0.15) is 0 Å².